The van der Waals surface area contributed by atoms with Crippen molar-refractivity contribution in [2.24, 2.45) is 5.92 Å². The molecule has 5 rings (SSSR count). The van der Waals surface area contributed by atoms with E-state index in [1.54, 1.807) is 11.9 Å². The van der Waals surface area contributed by atoms with Gasteiger partial charge >= 0.3 is 6.03 Å². The second-order valence-electron chi connectivity index (χ2n) is 10.7. The van der Waals surface area contributed by atoms with Crippen LogP contribution in [0.25, 0.3) is 0 Å². The van der Waals surface area contributed by atoms with E-state index in [0.717, 1.165) is 12.8 Å². The van der Waals surface area contributed by atoms with Gasteiger partial charge in [0.25, 0.3) is 17.4 Å². The zero-order valence-electron chi connectivity index (χ0n) is 22.0. The number of aromatic hydroxyl groups is 1. The predicted octanol–water partition coefficient (Wildman–Crippen LogP) is 2.96. The van der Waals surface area contributed by atoms with Crippen LogP contribution in [0, 0.1) is 11.7 Å². The Balaban J connectivity index is 1.45. The average Bonchev–Trinajstić information content (AvgIpc) is 3.67. The molecular weight excluding hydrogens is 529 g/mol. The Labute approximate surface area is 229 Å². The molecule has 39 heavy (non-hydrogen) atoms. The number of nitrogens with zero attached hydrogens (tertiary/aromatic N) is 4. The molecule has 12 heteroatoms. The van der Waals surface area contributed by atoms with E-state index in [1.807, 2.05) is 13.8 Å². The fourth-order valence-electron chi connectivity index (χ4n) is 5.41. The highest BCUT2D eigenvalue weighted by Gasteiger charge is 2.49. The molecule has 3 aliphatic rings. The number of halogens is 2. The summed E-state index contributed by atoms with van der Waals surface area (Å²) in [5.41, 5.74) is 0.148. The second-order valence-corrected chi connectivity index (χ2v) is 11.1. The number of urea groups is 1. The van der Waals surface area contributed by atoms with E-state index in [2.05, 4.69) is 5.32 Å². The topological polar surface area (TPSA) is 115 Å². The Hall–Kier alpha value is -3.60. The standard InChI is InChI=1S/C27H31ClFN5O5/c1-14(2)30-27(39)31(3)10-11-33-23(16-5-6-16)34-21(25(33)37)17-8-9-32(24(36)20(17)22(35)26(34)38)13-15-4-7-19(29)18(28)12-15/h4,7,12,14,16,23,35H,5-6,8-11,13H2,1-3H3,(H,30,39). The molecule has 2 aliphatic heterocycles. The molecule has 1 atom stereocenters. The minimum atomic E-state index is -0.776. The summed E-state index contributed by atoms with van der Waals surface area (Å²) in [6.07, 6.45) is 1.34. The van der Waals surface area contributed by atoms with Gasteiger partial charge in [-0.2, -0.15) is 0 Å². The smallest absolute Gasteiger partial charge is 0.317 e. The van der Waals surface area contributed by atoms with Crippen LogP contribution in [-0.4, -0.2) is 74.9 Å². The van der Waals surface area contributed by atoms with Crippen LogP contribution in [0.15, 0.2) is 23.0 Å². The Kier molecular flexibility index (Phi) is 7.04. The van der Waals surface area contributed by atoms with Gasteiger partial charge in [-0.3, -0.25) is 19.0 Å². The molecule has 0 spiro atoms. The Morgan fingerprint density at radius 2 is 1.95 bits per heavy atom. The second kappa shape index (κ2) is 10.2. The molecule has 1 saturated carbocycles. The number of hydrogen-bond acceptors (Lipinski definition) is 5. The maximum Gasteiger partial charge on any atom is 0.317 e. The first-order valence-corrected chi connectivity index (χ1v) is 13.4. The molecule has 0 saturated heterocycles. The maximum atomic E-state index is 13.8. The molecule has 208 valence electrons. The van der Waals surface area contributed by atoms with Crippen LogP contribution >= 0.6 is 11.6 Å². The lowest BCUT2D eigenvalue weighted by Crippen LogP contribution is -2.45. The van der Waals surface area contributed by atoms with Gasteiger partial charge in [-0.15, -0.1) is 0 Å². The van der Waals surface area contributed by atoms with Gasteiger partial charge in [0.2, 0.25) is 0 Å². The molecule has 2 N–H and O–H groups in total. The van der Waals surface area contributed by atoms with Crippen LogP contribution in [0.1, 0.15) is 64.8 Å². The van der Waals surface area contributed by atoms with E-state index in [1.165, 1.54) is 32.6 Å². The number of fused-ring (bicyclic) bond motifs is 3. The summed E-state index contributed by atoms with van der Waals surface area (Å²) in [7, 11) is 1.64. The number of carbonyl (C=O) groups excluding carboxylic acids is 3. The minimum absolute atomic E-state index is 0.0398. The third-order valence-corrected chi connectivity index (χ3v) is 7.79. The number of nitrogens with one attached hydrogen (secondary N) is 1. The van der Waals surface area contributed by atoms with Crippen molar-refractivity contribution in [2.45, 2.75) is 51.9 Å². The fraction of sp³-hybridized carbons (Fsp3) is 0.481. The molecule has 0 bridgehead atoms. The summed E-state index contributed by atoms with van der Waals surface area (Å²) in [5, 5.41) is 13.7. The first-order valence-electron chi connectivity index (χ1n) is 13.1. The fourth-order valence-corrected chi connectivity index (χ4v) is 5.61. The minimum Gasteiger partial charge on any atom is -0.502 e. The monoisotopic (exact) mass is 559 g/mol. The van der Waals surface area contributed by atoms with E-state index >= 15 is 0 Å². The zero-order valence-corrected chi connectivity index (χ0v) is 22.8. The summed E-state index contributed by atoms with van der Waals surface area (Å²) in [6, 6.07) is 3.85. The normalized spacial score (nSPS) is 18.5. The highest BCUT2D eigenvalue weighted by molar-refractivity contribution is 6.30. The molecule has 1 fully saturated rings. The summed E-state index contributed by atoms with van der Waals surface area (Å²) in [6.45, 7) is 4.50. The van der Waals surface area contributed by atoms with Crippen LogP contribution in [0.4, 0.5) is 9.18 Å². The number of rotatable bonds is 7. The molecule has 1 aromatic carbocycles. The molecular formula is C27H31ClFN5O5. The van der Waals surface area contributed by atoms with Gasteiger partial charge < -0.3 is 25.1 Å². The summed E-state index contributed by atoms with van der Waals surface area (Å²) < 4.78 is 14.9. The third-order valence-electron chi connectivity index (χ3n) is 7.50. The van der Waals surface area contributed by atoms with Gasteiger partial charge in [0.15, 0.2) is 5.75 Å². The Bertz CT molecular complexity index is 1420. The van der Waals surface area contributed by atoms with Crippen molar-refractivity contribution < 1.29 is 23.9 Å². The van der Waals surface area contributed by atoms with Crippen LogP contribution in [-0.2, 0) is 13.0 Å². The first kappa shape index (κ1) is 27.0. The van der Waals surface area contributed by atoms with Crippen LogP contribution in [0.2, 0.25) is 5.02 Å². The van der Waals surface area contributed by atoms with Crippen LogP contribution in [0.5, 0.6) is 5.75 Å². The maximum absolute atomic E-state index is 13.8. The lowest BCUT2D eigenvalue weighted by Gasteiger charge is -2.30. The SMILES string of the molecule is CC(C)NC(=O)N(C)CCN1C(=O)c2c3c(c(O)c(=O)n2C1C1CC1)C(=O)N(Cc1ccc(F)c(Cl)c1)CC3. The zero-order chi connectivity index (χ0) is 28.2. The molecule has 4 amide bonds. The first-order chi connectivity index (χ1) is 18.5. The van der Waals surface area contributed by atoms with Crippen molar-refractivity contribution in [3.05, 3.63) is 61.8 Å². The third kappa shape index (κ3) is 4.84. The largest absolute Gasteiger partial charge is 0.502 e. The molecule has 2 aromatic rings. The number of carbonyl (C=O) groups is 3. The van der Waals surface area contributed by atoms with Crippen molar-refractivity contribution in [3.63, 3.8) is 0 Å². The van der Waals surface area contributed by atoms with Gasteiger partial charge in [0, 0.05) is 44.8 Å². The molecule has 1 aromatic heterocycles. The number of pyridine rings is 1. The summed E-state index contributed by atoms with van der Waals surface area (Å²) >= 11 is 5.89. The van der Waals surface area contributed by atoms with Crippen LogP contribution in [0.3, 0.4) is 0 Å². The molecule has 10 nitrogen and oxygen atoms in total. The summed E-state index contributed by atoms with van der Waals surface area (Å²) in [4.78, 5) is 57.6. The van der Waals surface area contributed by atoms with Gasteiger partial charge in [-0.05, 0) is 56.7 Å². The highest BCUT2D eigenvalue weighted by atomic mass is 35.5. The van der Waals surface area contributed by atoms with Crippen molar-refractivity contribution in [1.29, 1.82) is 0 Å². The number of likely N-dealkylation sites (N-methyl/N-ethyl adjacent to an activating group) is 1. The quantitative estimate of drug-likeness (QED) is 0.541. The van der Waals surface area contributed by atoms with Crippen molar-refractivity contribution in [3.8, 4) is 5.75 Å². The molecule has 3 heterocycles. The van der Waals surface area contributed by atoms with E-state index < -0.39 is 29.2 Å². The molecule has 1 unspecified atom stereocenters. The van der Waals surface area contributed by atoms with Crippen molar-refractivity contribution in [1.82, 2.24) is 24.6 Å². The summed E-state index contributed by atoms with van der Waals surface area (Å²) in [5.74, 6) is -2.15. The van der Waals surface area contributed by atoms with Crippen molar-refractivity contribution in [2.75, 3.05) is 26.7 Å². The Morgan fingerprint density at radius 3 is 2.59 bits per heavy atom. The lowest BCUT2D eigenvalue weighted by molar-refractivity contribution is 0.0647. The molecule has 0 radical (unpaired) electrons. The lowest BCUT2D eigenvalue weighted by atomic mass is 9.95. The molecule has 1 aliphatic carbocycles. The van der Waals surface area contributed by atoms with Crippen molar-refractivity contribution >= 4 is 29.4 Å². The van der Waals surface area contributed by atoms with Gasteiger partial charge in [-0.25, -0.2) is 9.18 Å². The number of amides is 4. The number of aromatic nitrogens is 1. The highest BCUT2D eigenvalue weighted by Crippen LogP contribution is 2.46. The Morgan fingerprint density at radius 1 is 1.23 bits per heavy atom. The number of benzene rings is 1. The van der Waals surface area contributed by atoms with Crippen LogP contribution < -0.4 is 10.9 Å². The van der Waals surface area contributed by atoms with Gasteiger partial charge in [0.1, 0.15) is 17.7 Å². The van der Waals surface area contributed by atoms with E-state index in [9.17, 15) is 28.7 Å². The van der Waals surface area contributed by atoms with Gasteiger partial charge in [-0.1, -0.05) is 17.7 Å². The number of hydrogen-bond donors (Lipinski definition) is 2. The average molecular weight is 560 g/mol. The predicted molar refractivity (Wildman–Crippen MR) is 141 cm³/mol. The van der Waals surface area contributed by atoms with E-state index in [0.29, 0.717) is 11.1 Å². The van der Waals surface area contributed by atoms with Gasteiger partial charge in [0.05, 0.1) is 10.6 Å². The van der Waals surface area contributed by atoms with E-state index in [4.69, 9.17) is 11.6 Å². The van der Waals surface area contributed by atoms with E-state index in [-0.39, 0.29) is 72.8 Å².